The van der Waals surface area contributed by atoms with Gasteiger partial charge in [-0.3, -0.25) is 9.36 Å². The molecule has 21 nitrogen and oxygen atoms in total. The van der Waals surface area contributed by atoms with E-state index < -0.39 is 0 Å². The van der Waals surface area contributed by atoms with Crippen molar-refractivity contribution in [2.24, 2.45) is 21.1 Å². The molecule has 0 aliphatic heterocycles. The van der Waals surface area contributed by atoms with E-state index in [9.17, 15) is 0 Å². The van der Waals surface area contributed by atoms with Crippen LogP contribution in [0.5, 0.6) is 0 Å². The maximum absolute atomic E-state index is 5.10. The lowest BCUT2D eigenvalue weighted by atomic mass is 10.2. The summed E-state index contributed by atoms with van der Waals surface area (Å²) in [6.07, 6.45) is 5.73. The Labute approximate surface area is 674 Å². The standard InChI is InChI=1S/3C6H9NO.3C6H9NS.C5H9N3.2C5H8N2.C4H6N2O.C4H6N2S.2C2H6.18CH4/c1-4-5(2)8-6(3)7-4;2*1-4-5(2)7-8-6(4)3;3*1-4-5(2)8-6(3)7-4;1-4-5(2)7-8(3)6-4;1-5-3-6-7(2)4-5;1-5-3-4-7(2)6-5;2*1-3-5-4(2)7-6-3;2*1-2;;;;;;;;;;;;;;;;;;/h7*1-3H3;2*3-4H,1-2H3;2*1-2H3;2*1-2H3;18*1H4. The highest BCUT2D eigenvalue weighted by Crippen LogP contribution is 2.16. The van der Waals surface area contributed by atoms with E-state index in [0.717, 1.165) is 79.3 Å². The summed E-state index contributed by atoms with van der Waals surface area (Å²) in [5, 5.41) is 31.5. The first-order chi connectivity index (χ1) is 41.1. The minimum atomic E-state index is 0. The Bertz CT molecular complexity index is 2930. The second-order valence-corrected chi connectivity index (χ2v) is 24.5. The van der Waals surface area contributed by atoms with Crippen molar-refractivity contribution >= 4 is 45.5 Å². The van der Waals surface area contributed by atoms with Crippen molar-refractivity contribution in [2.75, 3.05) is 0 Å². The molecule has 0 fully saturated rings. The summed E-state index contributed by atoms with van der Waals surface area (Å²) < 4.78 is 26.9. The molecule has 0 N–H and O–H groups in total. The van der Waals surface area contributed by atoms with Gasteiger partial charge in [-0.25, -0.2) is 24.9 Å². The minimum Gasteiger partial charge on any atom is -0.446 e. The predicted octanol–water partition coefficient (Wildman–Crippen LogP) is 28.2. The van der Waals surface area contributed by atoms with Gasteiger partial charge in [0.15, 0.2) is 11.7 Å². The van der Waals surface area contributed by atoms with E-state index in [1.165, 1.54) is 63.8 Å². The topological polar surface area (TPSA) is 248 Å². The van der Waals surface area contributed by atoms with E-state index in [0.29, 0.717) is 11.7 Å². The van der Waals surface area contributed by atoms with Crippen molar-refractivity contribution in [3.63, 3.8) is 0 Å². The molecule has 0 spiro atoms. The van der Waals surface area contributed by atoms with E-state index >= 15 is 0 Å². The molecule has 0 radical (unpaired) electrons. The van der Waals surface area contributed by atoms with Crippen molar-refractivity contribution in [3.05, 3.63) is 168 Å². The van der Waals surface area contributed by atoms with Crippen LogP contribution in [0.3, 0.4) is 0 Å². The molecule has 106 heavy (non-hydrogen) atoms. The molecule has 0 aromatic carbocycles. The van der Waals surface area contributed by atoms with Gasteiger partial charge in [0.25, 0.3) is 0 Å². The van der Waals surface area contributed by atoms with Gasteiger partial charge in [-0.1, -0.05) is 177 Å². The van der Waals surface area contributed by atoms with Gasteiger partial charge in [0.1, 0.15) is 28.1 Å². The molecular formula is C81H175N17O4S4. The van der Waals surface area contributed by atoms with Gasteiger partial charge in [-0.2, -0.15) is 34.5 Å². The second kappa shape index (κ2) is 81.8. The number of hydrogen-bond donors (Lipinski definition) is 0. The molecule has 25 heteroatoms. The van der Waals surface area contributed by atoms with E-state index in [-0.39, 0.29) is 134 Å². The van der Waals surface area contributed by atoms with Gasteiger partial charge in [0.05, 0.1) is 72.5 Å². The Kier molecular flexibility index (Phi) is 118. The molecule has 0 atom stereocenters. The van der Waals surface area contributed by atoms with Gasteiger partial charge in [0.2, 0.25) is 5.89 Å². The van der Waals surface area contributed by atoms with Gasteiger partial charge in [-0.05, 0) is 189 Å². The van der Waals surface area contributed by atoms with Crippen LogP contribution < -0.4 is 0 Å². The molecule has 0 saturated carbocycles. The van der Waals surface area contributed by atoms with Crippen LogP contribution in [0.2, 0.25) is 0 Å². The summed E-state index contributed by atoms with van der Waals surface area (Å²) in [5.74, 6) is 5.70. The third kappa shape index (κ3) is 67.4. The van der Waals surface area contributed by atoms with Crippen LogP contribution in [0, 0.1) is 180 Å². The Morgan fingerprint density at radius 2 is 0.689 bits per heavy atom. The van der Waals surface area contributed by atoms with Crippen molar-refractivity contribution in [1.82, 2.24) is 84.3 Å². The van der Waals surface area contributed by atoms with Crippen LogP contribution in [0.15, 0.2) is 42.6 Å². The van der Waals surface area contributed by atoms with Crippen LogP contribution in [-0.4, -0.2) is 84.3 Å². The van der Waals surface area contributed by atoms with E-state index in [2.05, 4.69) is 95.4 Å². The van der Waals surface area contributed by atoms with Crippen molar-refractivity contribution in [1.29, 1.82) is 0 Å². The zero-order valence-electron chi connectivity index (χ0n) is 59.2. The first kappa shape index (κ1) is 152. The molecule has 0 bridgehead atoms. The molecule has 0 saturated heterocycles. The van der Waals surface area contributed by atoms with Crippen molar-refractivity contribution in [2.45, 2.75) is 341 Å². The lowest BCUT2D eigenvalue weighted by molar-refractivity contribution is 0.389. The molecule has 0 amide bonds. The third-order valence-electron chi connectivity index (χ3n) is 11.4. The third-order valence-corrected chi connectivity index (χ3v) is 15.1. The fraction of sp³-hybridized carbons (Fsp3) is 0.630. The molecule has 11 aromatic rings. The Hall–Kier alpha value is -7.22. The largest absolute Gasteiger partial charge is 0.446 e. The summed E-state index contributed by atoms with van der Waals surface area (Å²) in [6.45, 7) is 59.2. The average Bonchev–Trinajstić information content (AvgIpc) is 1.79. The Morgan fingerprint density at radius 1 is 0.330 bits per heavy atom. The summed E-state index contributed by atoms with van der Waals surface area (Å²) in [5.41, 5.74) is 13.1. The van der Waals surface area contributed by atoms with Crippen LogP contribution in [0.1, 0.15) is 305 Å². The summed E-state index contributed by atoms with van der Waals surface area (Å²) >= 11 is 6.72. The van der Waals surface area contributed by atoms with Gasteiger partial charge >= 0.3 is 0 Å². The first-order valence-corrected chi connectivity index (χ1v) is 32.0. The first-order valence-electron chi connectivity index (χ1n) is 28.8. The number of oxazole rings is 1. The van der Waals surface area contributed by atoms with Gasteiger partial charge in [-0.15, -0.1) is 34.0 Å². The van der Waals surface area contributed by atoms with Crippen LogP contribution >= 0.6 is 45.5 Å². The number of hydrogen-bond acceptors (Lipinski definition) is 22. The van der Waals surface area contributed by atoms with Crippen LogP contribution in [0.4, 0.5) is 0 Å². The fourth-order valence-electron chi connectivity index (χ4n) is 6.07. The van der Waals surface area contributed by atoms with E-state index in [1.807, 2.05) is 219 Å². The maximum atomic E-state index is 5.10. The van der Waals surface area contributed by atoms with Crippen molar-refractivity contribution in [3.8, 4) is 0 Å². The molecule has 0 aliphatic rings. The molecule has 11 rings (SSSR count). The molecule has 0 unspecified atom stereocenters. The summed E-state index contributed by atoms with van der Waals surface area (Å²) in [7, 11) is 5.64. The molecule has 0 aliphatic carbocycles. The summed E-state index contributed by atoms with van der Waals surface area (Å²) in [4.78, 5) is 30.2. The molecule has 632 valence electrons. The lowest BCUT2D eigenvalue weighted by Crippen LogP contribution is -1.91. The predicted molar refractivity (Wildman–Crippen MR) is 484 cm³/mol. The van der Waals surface area contributed by atoms with Gasteiger partial charge < -0.3 is 18.0 Å². The zero-order chi connectivity index (χ0) is 68.1. The SMILES string of the molecule is C.C.C.C.C.C.C.C.C.C.C.C.C.C.C.C.C.C.CC.CC.Cc1ccn(C)n1.Cc1cnn(C)c1.Cc1nc(C)c(C)o1.Cc1nc(C)c(C)s1.Cc1nc(C)c(C)s1.Cc1nc(C)c(C)s1.Cc1nn(C)nc1C.Cc1noc(C)c1C.Cc1noc(C)c1C.Cc1noc(C)n1.Cc1nsc(C)n1. The average molecular weight is 1580 g/mol. The highest BCUT2D eigenvalue weighted by atomic mass is 32.1. The fourth-order valence-corrected chi connectivity index (χ4v) is 9.00. The normalized spacial score (nSPS) is 7.82. The monoisotopic (exact) mass is 1580 g/mol. The maximum Gasteiger partial charge on any atom is 0.223 e. The minimum absolute atomic E-state index is 0. The number of rotatable bonds is 0. The van der Waals surface area contributed by atoms with Crippen molar-refractivity contribution < 1.29 is 18.0 Å². The highest BCUT2D eigenvalue weighted by Gasteiger charge is 2.03. The number of aromatic nitrogens is 17. The summed E-state index contributed by atoms with van der Waals surface area (Å²) in [6, 6.07) is 1.97. The van der Waals surface area contributed by atoms with Crippen LogP contribution in [0.25, 0.3) is 0 Å². The Morgan fingerprint density at radius 3 is 0.764 bits per heavy atom. The smallest absolute Gasteiger partial charge is 0.223 e. The molecular weight excluding hydrogens is 1400 g/mol. The number of aryl methyl sites for hydroxylation is 27. The van der Waals surface area contributed by atoms with E-state index in [4.69, 9.17) is 13.5 Å². The molecule has 11 heterocycles. The number of thiazole rings is 3. The van der Waals surface area contributed by atoms with Gasteiger partial charge in [0, 0.05) is 73.1 Å². The van der Waals surface area contributed by atoms with E-state index in [1.54, 1.807) is 62.0 Å². The highest BCUT2D eigenvalue weighted by molar-refractivity contribution is 7.12. The van der Waals surface area contributed by atoms with Crippen LogP contribution in [-0.2, 0) is 21.1 Å². The number of nitrogens with zero attached hydrogens (tertiary/aromatic N) is 17. The quantitative estimate of drug-likeness (QED) is 0.137. The Balaban J connectivity index is -0.0000000417. The second-order valence-electron chi connectivity index (χ2n) is 19.3. The zero-order valence-corrected chi connectivity index (χ0v) is 62.4. The lowest BCUT2D eigenvalue weighted by Gasteiger charge is -1.80. The molecule has 11 aromatic heterocycles.